The molecular formula is C34H44INO4. The van der Waals surface area contributed by atoms with Crippen LogP contribution in [0.5, 0.6) is 11.5 Å². The van der Waals surface area contributed by atoms with Crippen LogP contribution in [0.1, 0.15) is 104 Å². The fraction of sp³-hybridized carbons (Fsp3) is 0.588. The van der Waals surface area contributed by atoms with Gasteiger partial charge in [0.2, 0.25) is 0 Å². The smallest absolute Gasteiger partial charge is 0.174 e. The Balaban J connectivity index is 1.76. The van der Waals surface area contributed by atoms with Gasteiger partial charge in [-0.1, -0.05) is 59.6 Å². The summed E-state index contributed by atoms with van der Waals surface area (Å²) in [6, 6.07) is 4.46. The molecule has 0 aromatic heterocycles. The van der Waals surface area contributed by atoms with E-state index >= 15 is 0 Å². The lowest BCUT2D eigenvalue weighted by atomic mass is 9.63. The molecule has 1 aromatic rings. The van der Waals surface area contributed by atoms with Gasteiger partial charge in [-0.2, -0.15) is 0 Å². The zero-order chi connectivity index (χ0) is 28.8. The zero-order valence-corrected chi connectivity index (χ0v) is 27.0. The molecule has 1 aliphatic heterocycles. The normalized spacial score (nSPS) is 23.2. The van der Waals surface area contributed by atoms with Gasteiger partial charge in [0, 0.05) is 47.3 Å². The molecule has 3 aliphatic carbocycles. The summed E-state index contributed by atoms with van der Waals surface area (Å²) in [6.45, 7) is 15.5. The highest BCUT2D eigenvalue weighted by Crippen LogP contribution is 2.56. The van der Waals surface area contributed by atoms with Crippen molar-refractivity contribution in [2.75, 3.05) is 13.2 Å². The minimum Gasteiger partial charge on any atom is -0.490 e. The number of ketones is 2. The van der Waals surface area contributed by atoms with Crippen molar-refractivity contribution in [2.45, 2.75) is 104 Å². The second kappa shape index (κ2) is 11.3. The van der Waals surface area contributed by atoms with E-state index in [2.05, 4.69) is 67.8 Å². The lowest BCUT2D eigenvalue weighted by molar-refractivity contribution is -0.119. The van der Waals surface area contributed by atoms with Crippen LogP contribution < -0.4 is 9.47 Å². The topological polar surface area (TPSA) is 55.8 Å². The molecule has 6 heteroatoms. The number of nitrogens with zero attached hydrogens (tertiary/aromatic N) is 1. The number of carbonyl (C=O) groups excluding carboxylic acids is 2. The zero-order valence-electron chi connectivity index (χ0n) is 24.8. The van der Waals surface area contributed by atoms with E-state index in [0.717, 1.165) is 46.0 Å². The summed E-state index contributed by atoms with van der Waals surface area (Å²) in [4.78, 5) is 30.9. The number of hydrogen-bond donors (Lipinski definition) is 0. The molecule has 0 radical (unpaired) electrons. The van der Waals surface area contributed by atoms with E-state index in [1.165, 1.54) is 30.7 Å². The Hall–Kier alpha value is -2.09. The first-order valence-electron chi connectivity index (χ1n) is 15.0. The number of allylic oxidation sites excluding steroid dienone is 4. The molecule has 1 saturated carbocycles. The van der Waals surface area contributed by atoms with Gasteiger partial charge in [0.05, 0.1) is 10.2 Å². The fourth-order valence-corrected chi connectivity index (χ4v) is 8.19. The summed E-state index contributed by atoms with van der Waals surface area (Å²) in [5.41, 5.74) is 4.73. The number of halogens is 1. The molecule has 0 saturated heterocycles. The van der Waals surface area contributed by atoms with Crippen molar-refractivity contribution in [2.24, 2.45) is 10.8 Å². The molecule has 1 heterocycles. The maximum atomic E-state index is 14.2. The van der Waals surface area contributed by atoms with E-state index in [9.17, 15) is 9.59 Å². The summed E-state index contributed by atoms with van der Waals surface area (Å²) < 4.78 is 13.0. The van der Waals surface area contributed by atoms with E-state index in [-0.39, 0.29) is 28.3 Å². The first-order chi connectivity index (χ1) is 19.0. The molecule has 1 fully saturated rings. The largest absolute Gasteiger partial charge is 0.490 e. The van der Waals surface area contributed by atoms with Crippen LogP contribution in [-0.2, 0) is 9.59 Å². The van der Waals surface area contributed by atoms with Crippen LogP contribution in [0.15, 0.2) is 47.3 Å². The average molecular weight is 658 g/mol. The number of hydrogen-bond acceptors (Lipinski definition) is 5. The van der Waals surface area contributed by atoms with Gasteiger partial charge in [0.25, 0.3) is 0 Å². The number of ether oxygens (including phenoxy) is 2. The molecule has 5 rings (SSSR count). The van der Waals surface area contributed by atoms with Gasteiger partial charge in [-0.05, 0) is 83.7 Å². The number of carbonyl (C=O) groups is 2. The Morgan fingerprint density at radius 2 is 1.50 bits per heavy atom. The van der Waals surface area contributed by atoms with Crippen molar-refractivity contribution < 1.29 is 19.1 Å². The van der Waals surface area contributed by atoms with Gasteiger partial charge in [-0.15, -0.1) is 0 Å². The predicted molar refractivity (Wildman–Crippen MR) is 168 cm³/mol. The van der Waals surface area contributed by atoms with Gasteiger partial charge >= 0.3 is 0 Å². The van der Waals surface area contributed by atoms with Crippen molar-refractivity contribution in [3.63, 3.8) is 0 Å². The first-order valence-corrected chi connectivity index (χ1v) is 16.1. The lowest BCUT2D eigenvalue weighted by Crippen LogP contribution is -2.48. The second-order valence-electron chi connectivity index (χ2n) is 13.6. The molecule has 0 N–H and O–H groups in total. The lowest BCUT2D eigenvalue weighted by Gasteiger charge is -2.52. The second-order valence-corrected chi connectivity index (χ2v) is 14.7. The molecule has 1 aromatic carbocycles. The number of Topliss-reactive ketones (excluding diaryl/α,β-unsaturated/α-hetero) is 2. The average Bonchev–Trinajstić information content (AvgIpc) is 2.86. The van der Waals surface area contributed by atoms with Crippen molar-refractivity contribution in [1.29, 1.82) is 0 Å². The molecule has 0 bridgehead atoms. The van der Waals surface area contributed by atoms with Gasteiger partial charge in [0.1, 0.15) is 6.61 Å². The number of rotatable bonds is 7. The van der Waals surface area contributed by atoms with Gasteiger partial charge < -0.3 is 14.4 Å². The third-order valence-corrected chi connectivity index (χ3v) is 9.70. The Morgan fingerprint density at radius 3 is 2.02 bits per heavy atom. The van der Waals surface area contributed by atoms with Crippen molar-refractivity contribution in [3.05, 3.63) is 56.5 Å². The van der Waals surface area contributed by atoms with Crippen molar-refractivity contribution in [1.82, 2.24) is 4.90 Å². The van der Waals surface area contributed by atoms with E-state index in [1.54, 1.807) is 6.08 Å². The van der Waals surface area contributed by atoms with Gasteiger partial charge in [-0.3, -0.25) is 9.59 Å². The molecule has 0 unspecified atom stereocenters. The first kappa shape index (κ1) is 29.4. The van der Waals surface area contributed by atoms with Gasteiger partial charge in [-0.25, -0.2) is 0 Å². The maximum Gasteiger partial charge on any atom is 0.174 e. The van der Waals surface area contributed by atoms with E-state index in [1.807, 2.05) is 13.0 Å². The standard InChI is InChI=1S/C34H44INO4/c1-7-14-40-32-23(35)15-21(16-28(32)39-8-2)29-30-24(17-33(3,4)19-26(30)37)36(22-12-10-9-11-13-22)25-18-34(5,6)20-27(38)31(25)29/h7,15-16,22,29H,1,8-14,17-20H2,2-6H3. The highest BCUT2D eigenvalue weighted by molar-refractivity contribution is 14.1. The monoisotopic (exact) mass is 657 g/mol. The molecule has 5 nitrogen and oxygen atoms in total. The summed E-state index contributed by atoms with van der Waals surface area (Å²) in [7, 11) is 0. The van der Waals surface area contributed by atoms with Crippen LogP contribution in [0, 0.1) is 14.4 Å². The van der Waals surface area contributed by atoms with Crippen LogP contribution in [0.3, 0.4) is 0 Å². The fourth-order valence-electron chi connectivity index (χ4n) is 7.41. The summed E-state index contributed by atoms with van der Waals surface area (Å²) in [6.07, 6.45) is 10.3. The van der Waals surface area contributed by atoms with Crippen LogP contribution in [0.4, 0.5) is 0 Å². The van der Waals surface area contributed by atoms with Crippen molar-refractivity contribution in [3.8, 4) is 11.5 Å². The molecule has 0 atom stereocenters. The van der Waals surface area contributed by atoms with E-state index in [0.29, 0.717) is 43.6 Å². The quantitative estimate of drug-likeness (QED) is 0.218. The Bertz CT molecular complexity index is 1230. The van der Waals surface area contributed by atoms with Gasteiger partial charge in [0.15, 0.2) is 23.1 Å². The highest BCUT2D eigenvalue weighted by Gasteiger charge is 2.50. The molecule has 4 aliphatic rings. The maximum absolute atomic E-state index is 14.2. The molecule has 0 spiro atoms. The Labute approximate surface area is 253 Å². The molecule has 216 valence electrons. The molecule has 40 heavy (non-hydrogen) atoms. The van der Waals surface area contributed by atoms with Crippen LogP contribution in [0.2, 0.25) is 0 Å². The summed E-state index contributed by atoms with van der Waals surface area (Å²) >= 11 is 2.29. The summed E-state index contributed by atoms with van der Waals surface area (Å²) in [5, 5.41) is 0. The number of benzene rings is 1. The molecular weight excluding hydrogens is 613 g/mol. The SMILES string of the molecule is C=CCOc1c(I)cc(C2C3=C(CC(C)(C)CC3=O)N(C3CCCCC3)C3=C2C(=O)CC(C)(C)C3)cc1OCC. The molecule has 0 amide bonds. The highest BCUT2D eigenvalue weighted by atomic mass is 127. The van der Waals surface area contributed by atoms with Crippen LogP contribution in [-0.4, -0.2) is 35.7 Å². The third-order valence-electron chi connectivity index (χ3n) is 8.90. The third kappa shape index (κ3) is 5.54. The predicted octanol–water partition coefficient (Wildman–Crippen LogP) is 8.27. The minimum atomic E-state index is -0.377. The minimum absolute atomic E-state index is 0.118. The van der Waals surface area contributed by atoms with Crippen molar-refractivity contribution >= 4 is 34.2 Å². The Morgan fingerprint density at radius 1 is 0.925 bits per heavy atom. The van der Waals surface area contributed by atoms with E-state index < -0.39 is 0 Å². The van der Waals surface area contributed by atoms with Crippen LogP contribution in [0.25, 0.3) is 0 Å². The van der Waals surface area contributed by atoms with Crippen LogP contribution >= 0.6 is 22.6 Å². The summed E-state index contributed by atoms with van der Waals surface area (Å²) in [5.74, 6) is 1.32. The van der Waals surface area contributed by atoms with E-state index in [4.69, 9.17) is 9.47 Å². The Kier molecular flexibility index (Phi) is 8.30.